The molecule has 0 aliphatic carbocycles. The highest BCUT2D eigenvalue weighted by molar-refractivity contribution is 4.66. The molecule has 0 amide bonds. The van der Waals surface area contributed by atoms with Crippen molar-refractivity contribution in [3.63, 3.8) is 0 Å². The summed E-state index contributed by atoms with van der Waals surface area (Å²) < 4.78 is 4.74. The van der Waals surface area contributed by atoms with E-state index in [1.54, 1.807) is 0 Å². The third-order valence-corrected chi connectivity index (χ3v) is 6.29. The molecule has 0 atom stereocenters. The first-order valence-corrected chi connectivity index (χ1v) is 13.4. The predicted molar refractivity (Wildman–Crippen MR) is 128 cm³/mol. The first-order chi connectivity index (χ1) is 14.4. The van der Waals surface area contributed by atoms with E-state index in [-0.39, 0.29) is 0 Å². The van der Waals surface area contributed by atoms with Crippen molar-refractivity contribution in [2.24, 2.45) is 0 Å². The number of hydrogen-bond acceptors (Lipinski definition) is 0. The van der Waals surface area contributed by atoms with Crippen LogP contribution in [0.5, 0.6) is 0 Å². The molecule has 0 unspecified atom stereocenters. The minimum Gasteiger partial charge on any atom is -0.237 e. The van der Waals surface area contributed by atoms with E-state index in [1.165, 1.54) is 142 Å². The molecule has 1 aromatic rings. The monoisotopic (exact) mass is 405 g/mol. The zero-order valence-corrected chi connectivity index (χ0v) is 20.2. The van der Waals surface area contributed by atoms with E-state index in [9.17, 15) is 0 Å². The molecule has 170 valence electrons. The van der Waals surface area contributed by atoms with Crippen molar-refractivity contribution in [2.45, 2.75) is 155 Å². The quantitative estimate of drug-likeness (QED) is 0.135. The van der Waals surface area contributed by atoms with E-state index < -0.39 is 0 Å². The van der Waals surface area contributed by atoms with Gasteiger partial charge in [-0.25, -0.2) is 9.13 Å². The summed E-state index contributed by atoms with van der Waals surface area (Å²) in [5.41, 5.74) is 0. The largest absolute Gasteiger partial charge is 0.243 e. The standard InChI is InChI=1S/C27H53N2/c1-3-5-7-9-10-11-12-13-14-15-16-17-18-19-20-22-24-29-26-25-28(27-29)23-21-8-6-4-2/h25-27H,3-24H2,1-2H3/q+1. The summed E-state index contributed by atoms with van der Waals surface area (Å²) in [5, 5.41) is 0. The van der Waals surface area contributed by atoms with Gasteiger partial charge in [0.25, 0.3) is 0 Å². The molecule has 0 saturated heterocycles. The SMILES string of the molecule is CCCCCCCCCCCCCCCCCC[n+]1ccn(CCCCCC)c1. The maximum absolute atomic E-state index is 2.38. The van der Waals surface area contributed by atoms with Crippen LogP contribution in [0.15, 0.2) is 18.7 Å². The summed E-state index contributed by atoms with van der Waals surface area (Å²) in [6, 6.07) is 0. The van der Waals surface area contributed by atoms with Gasteiger partial charge < -0.3 is 0 Å². The molecule has 0 bridgehead atoms. The lowest BCUT2D eigenvalue weighted by Gasteiger charge is -2.03. The molecule has 0 aromatic carbocycles. The van der Waals surface area contributed by atoms with Crippen molar-refractivity contribution in [1.82, 2.24) is 4.57 Å². The van der Waals surface area contributed by atoms with E-state index in [1.807, 2.05) is 0 Å². The van der Waals surface area contributed by atoms with Crippen molar-refractivity contribution in [3.05, 3.63) is 18.7 Å². The van der Waals surface area contributed by atoms with Crippen LogP contribution < -0.4 is 4.57 Å². The van der Waals surface area contributed by atoms with Gasteiger partial charge in [-0.15, -0.1) is 0 Å². The van der Waals surface area contributed by atoms with Crippen LogP contribution in [-0.2, 0) is 13.1 Å². The summed E-state index contributed by atoms with van der Waals surface area (Å²) >= 11 is 0. The Bertz CT molecular complexity index is 438. The van der Waals surface area contributed by atoms with E-state index in [2.05, 4.69) is 41.7 Å². The van der Waals surface area contributed by atoms with Gasteiger partial charge in [0.2, 0.25) is 6.33 Å². The van der Waals surface area contributed by atoms with Crippen LogP contribution in [0.3, 0.4) is 0 Å². The molecule has 2 nitrogen and oxygen atoms in total. The van der Waals surface area contributed by atoms with E-state index >= 15 is 0 Å². The smallest absolute Gasteiger partial charge is 0.237 e. The molecule has 1 heterocycles. The first kappa shape index (κ1) is 26.2. The fourth-order valence-corrected chi connectivity index (χ4v) is 4.27. The van der Waals surface area contributed by atoms with Crippen LogP contribution in [0.4, 0.5) is 0 Å². The zero-order chi connectivity index (χ0) is 20.8. The van der Waals surface area contributed by atoms with Crippen LogP contribution in [0.2, 0.25) is 0 Å². The second-order valence-corrected chi connectivity index (χ2v) is 9.25. The fourth-order valence-electron chi connectivity index (χ4n) is 4.27. The lowest BCUT2D eigenvalue weighted by atomic mass is 10.0. The lowest BCUT2D eigenvalue weighted by molar-refractivity contribution is -0.696. The number of imidazole rings is 1. The van der Waals surface area contributed by atoms with Gasteiger partial charge in [-0.05, 0) is 25.7 Å². The molecule has 0 aliphatic heterocycles. The number of rotatable bonds is 22. The maximum atomic E-state index is 2.38. The number of hydrogen-bond donors (Lipinski definition) is 0. The van der Waals surface area contributed by atoms with Crippen LogP contribution in [0.25, 0.3) is 0 Å². The Morgan fingerprint density at radius 2 is 0.931 bits per heavy atom. The van der Waals surface area contributed by atoms with Crippen LogP contribution >= 0.6 is 0 Å². The number of unbranched alkanes of at least 4 members (excludes halogenated alkanes) is 18. The molecule has 0 fully saturated rings. The van der Waals surface area contributed by atoms with E-state index in [0.717, 1.165) is 0 Å². The Hall–Kier alpha value is -0.790. The third-order valence-electron chi connectivity index (χ3n) is 6.29. The minimum absolute atomic E-state index is 1.19. The lowest BCUT2D eigenvalue weighted by Crippen LogP contribution is -2.30. The molecule has 1 aromatic heterocycles. The van der Waals surface area contributed by atoms with E-state index in [0.29, 0.717) is 0 Å². The molecular weight excluding hydrogens is 352 g/mol. The predicted octanol–water partition coefficient (Wildman–Crippen LogP) is 8.62. The number of aromatic nitrogens is 2. The summed E-state index contributed by atoms with van der Waals surface area (Å²) in [7, 11) is 0. The number of nitrogens with zero attached hydrogens (tertiary/aromatic N) is 2. The van der Waals surface area contributed by atoms with Crippen LogP contribution in [0.1, 0.15) is 142 Å². The summed E-state index contributed by atoms with van der Waals surface area (Å²) in [6.07, 6.45) is 35.3. The Morgan fingerprint density at radius 3 is 1.41 bits per heavy atom. The summed E-state index contributed by atoms with van der Waals surface area (Å²) in [4.78, 5) is 0. The van der Waals surface area contributed by atoms with Gasteiger partial charge in [-0.2, -0.15) is 0 Å². The Balaban J connectivity index is 1.79. The molecule has 0 aliphatic rings. The number of aryl methyl sites for hydroxylation is 2. The highest BCUT2D eigenvalue weighted by Gasteiger charge is 2.03. The normalized spacial score (nSPS) is 11.4. The zero-order valence-electron chi connectivity index (χ0n) is 20.2. The maximum Gasteiger partial charge on any atom is 0.243 e. The van der Waals surface area contributed by atoms with E-state index in [4.69, 9.17) is 0 Å². The highest BCUT2D eigenvalue weighted by atomic mass is 15.1. The molecule has 1 rings (SSSR count). The van der Waals surface area contributed by atoms with Crippen molar-refractivity contribution < 1.29 is 4.57 Å². The second kappa shape index (κ2) is 20.5. The Morgan fingerprint density at radius 1 is 0.517 bits per heavy atom. The molecule has 0 radical (unpaired) electrons. The van der Waals surface area contributed by atoms with Crippen molar-refractivity contribution in [1.29, 1.82) is 0 Å². The van der Waals surface area contributed by atoms with Gasteiger partial charge in [0.1, 0.15) is 12.4 Å². The Labute approximate surface area is 183 Å². The Kier molecular flexibility index (Phi) is 18.5. The van der Waals surface area contributed by atoms with Gasteiger partial charge in [0.05, 0.1) is 13.1 Å². The van der Waals surface area contributed by atoms with Crippen LogP contribution in [-0.4, -0.2) is 4.57 Å². The fraction of sp³-hybridized carbons (Fsp3) is 0.889. The molecule has 0 spiro atoms. The van der Waals surface area contributed by atoms with Gasteiger partial charge in [0.15, 0.2) is 0 Å². The van der Waals surface area contributed by atoms with Crippen molar-refractivity contribution in [3.8, 4) is 0 Å². The average molecular weight is 406 g/mol. The minimum atomic E-state index is 1.19. The first-order valence-electron chi connectivity index (χ1n) is 13.4. The average Bonchev–Trinajstić information content (AvgIpc) is 3.18. The van der Waals surface area contributed by atoms with Crippen molar-refractivity contribution >= 4 is 0 Å². The van der Waals surface area contributed by atoms with Gasteiger partial charge in [0, 0.05) is 0 Å². The van der Waals surface area contributed by atoms with Crippen LogP contribution in [0, 0.1) is 0 Å². The summed E-state index contributed by atoms with van der Waals surface area (Å²) in [6.45, 7) is 6.96. The molecule has 29 heavy (non-hydrogen) atoms. The van der Waals surface area contributed by atoms with Crippen molar-refractivity contribution in [2.75, 3.05) is 0 Å². The molecular formula is C27H53N2+. The molecule has 2 heteroatoms. The van der Waals surface area contributed by atoms with Gasteiger partial charge >= 0.3 is 0 Å². The van der Waals surface area contributed by atoms with Gasteiger partial charge in [-0.1, -0.05) is 117 Å². The molecule has 0 N–H and O–H groups in total. The topological polar surface area (TPSA) is 8.81 Å². The highest BCUT2D eigenvalue weighted by Crippen LogP contribution is 2.13. The second-order valence-electron chi connectivity index (χ2n) is 9.25. The summed E-state index contributed by atoms with van der Waals surface area (Å²) in [5.74, 6) is 0. The third kappa shape index (κ3) is 16.7. The molecule has 0 saturated carbocycles. The van der Waals surface area contributed by atoms with Gasteiger partial charge in [-0.3, -0.25) is 0 Å².